The zero-order chi connectivity index (χ0) is 16.6. The Balaban J connectivity index is 4.81. The second-order valence-electron chi connectivity index (χ2n) is 4.35. The minimum atomic E-state index is -4.03. The van der Waals surface area contributed by atoms with E-state index in [0.717, 1.165) is 13.8 Å². The molecule has 0 spiro atoms. The van der Waals surface area contributed by atoms with E-state index in [1.807, 2.05) is 5.32 Å². The molecule has 0 fully saturated rings. The number of hydrogen-bond donors (Lipinski definition) is 3. The van der Waals surface area contributed by atoms with Gasteiger partial charge in [-0.05, 0) is 6.92 Å². The fourth-order valence-corrected chi connectivity index (χ4v) is 2.77. The Morgan fingerprint density at radius 2 is 1.86 bits per heavy atom. The van der Waals surface area contributed by atoms with Crippen LogP contribution in [0, 0.1) is 0 Å². The Morgan fingerprint density at radius 1 is 1.29 bits per heavy atom. The van der Waals surface area contributed by atoms with Crippen LogP contribution in [-0.4, -0.2) is 68.6 Å². The number of amides is 2. The van der Waals surface area contributed by atoms with Crippen LogP contribution in [0.4, 0.5) is 0 Å². The normalized spacial score (nSPS) is 14.0. The molecule has 0 aromatic carbocycles. The first-order valence-corrected chi connectivity index (χ1v) is 7.81. The fourth-order valence-electron chi connectivity index (χ4n) is 1.38. The van der Waals surface area contributed by atoms with E-state index in [4.69, 9.17) is 9.84 Å². The zero-order valence-corrected chi connectivity index (χ0v) is 12.9. The number of aliphatic carboxylic acids is 1. The molecule has 0 aliphatic rings. The third-order valence-corrected chi connectivity index (χ3v) is 4.68. The molecule has 0 saturated heterocycles. The van der Waals surface area contributed by atoms with Gasteiger partial charge in [-0.3, -0.25) is 9.59 Å². The maximum absolute atomic E-state index is 12.0. The van der Waals surface area contributed by atoms with E-state index in [1.54, 1.807) is 0 Å². The van der Waals surface area contributed by atoms with Crippen molar-refractivity contribution in [3.8, 4) is 0 Å². The van der Waals surface area contributed by atoms with E-state index in [-0.39, 0.29) is 13.2 Å². The molecule has 122 valence electrons. The van der Waals surface area contributed by atoms with E-state index < -0.39 is 44.7 Å². The summed E-state index contributed by atoms with van der Waals surface area (Å²) in [7, 11) is -2.61. The van der Waals surface area contributed by atoms with Gasteiger partial charge < -0.3 is 20.5 Å². The molecule has 0 aromatic heterocycles. The van der Waals surface area contributed by atoms with E-state index in [9.17, 15) is 22.8 Å². The van der Waals surface area contributed by atoms with E-state index in [0.29, 0.717) is 0 Å². The molecule has 0 bridgehead atoms. The first kappa shape index (κ1) is 19.3. The van der Waals surface area contributed by atoms with Crippen LogP contribution in [0.15, 0.2) is 0 Å². The molecule has 2 atom stereocenters. The van der Waals surface area contributed by atoms with Crippen LogP contribution in [0.1, 0.15) is 13.8 Å². The Morgan fingerprint density at radius 3 is 2.29 bits per heavy atom. The summed E-state index contributed by atoms with van der Waals surface area (Å²) >= 11 is 0. The van der Waals surface area contributed by atoms with E-state index >= 15 is 0 Å². The van der Waals surface area contributed by atoms with Crippen molar-refractivity contribution in [1.29, 1.82) is 0 Å². The second kappa shape index (κ2) is 8.57. The highest BCUT2D eigenvalue weighted by Gasteiger charge is 2.33. The Bertz CT molecular complexity index is 489. The monoisotopic (exact) mass is 324 g/mol. The number of carboxylic acid groups (broad SMARTS) is 1. The SMILES string of the molecule is COCCNC(=O)C(C)S(=O)(=O)C[C@H](NC(C)=O)C(=O)O. The van der Waals surface area contributed by atoms with Gasteiger partial charge in [-0.1, -0.05) is 0 Å². The van der Waals surface area contributed by atoms with E-state index in [1.165, 1.54) is 7.11 Å². The van der Waals surface area contributed by atoms with Gasteiger partial charge in [-0.2, -0.15) is 0 Å². The third kappa shape index (κ3) is 7.04. The topological polar surface area (TPSA) is 139 Å². The van der Waals surface area contributed by atoms with Crippen molar-refractivity contribution in [3.05, 3.63) is 0 Å². The lowest BCUT2D eigenvalue weighted by Gasteiger charge is -2.17. The molecule has 1 unspecified atom stereocenters. The van der Waals surface area contributed by atoms with Crippen molar-refractivity contribution in [1.82, 2.24) is 10.6 Å². The van der Waals surface area contributed by atoms with Gasteiger partial charge in [0.1, 0.15) is 11.3 Å². The van der Waals surface area contributed by atoms with Crippen molar-refractivity contribution >= 4 is 27.6 Å². The number of carbonyl (C=O) groups excluding carboxylic acids is 2. The molecular weight excluding hydrogens is 304 g/mol. The van der Waals surface area contributed by atoms with Gasteiger partial charge in [0.2, 0.25) is 11.8 Å². The standard InChI is InChI=1S/C11H20N2O7S/c1-7(10(15)12-4-5-20-3)21(18,19)6-9(11(16)17)13-8(2)14/h7,9H,4-6H2,1-3H3,(H,12,15)(H,13,14)(H,16,17)/t7?,9-/m0/s1. The maximum Gasteiger partial charge on any atom is 0.327 e. The van der Waals surface area contributed by atoms with Crippen LogP contribution in [0.3, 0.4) is 0 Å². The Hall–Kier alpha value is -1.68. The van der Waals surface area contributed by atoms with Crippen LogP contribution < -0.4 is 10.6 Å². The van der Waals surface area contributed by atoms with Crippen LogP contribution in [0.25, 0.3) is 0 Å². The van der Waals surface area contributed by atoms with Gasteiger partial charge in [0.05, 0.1) is 12.4 Å². The number of nitrogens with one attached hydrogen (secondary N) is 2. The quantitative estimate of drug-likeness (QED) is 0.423. The molecule has 10 heteroatoms. The molecule has 2 amide bonds. The molecular formula is C11H20N2O7S. The summed E-state index contributed by atoms with van der Waals surface area (Å²) in [5.41, 5.74) is 0. The smallest absolute Gasteiger partial charge is 0.327 e. The van der Waals surface area contributed by atoms with Gasteiger partial charge in [-0.25, -0.2) is 13.2 Å². The van der Waals surface area contributed by atoms with Gasteiger partial charge in [0.25, 0.3) is 0 Å². The second-order valence-corrected chi connectivity index (χ2v) is 6.71. The Labute approximate surface area is 123 Å². The summed E-state index contributed by atoms with van der Waals surface area (Å²) in [6.07, 6.45) is 0. The number of hydrogen-bond acceptors (Lipinski definition) is 6. The number of carboxylic acids is 1. The maximum atomic E-state index is 12.0. The predicted molar refractivity (Wildman–Crippen MR) is 73.4 cm³/mol. The van der Waals surface area contributed by atoms with E-state index in [2.05, 4.69) is 5.32 Å². The summed E-state index contributed by atoms with van der Waals surface area (Å²) in [6.45, 7) is 2.60. The first-order chi connectivity index (χ1) is 9.61. The number of methoxy groups -OCH3 is 1. The molecule has 9 nitrogen and oxygen atoms in total. The zero-order valence-electron chi connectivity index (χ0n) is 12.1. The van der Waals surface area contributed by atoms with Gasteiger partial charge in [0, 0.05) is 20.6 Å². The van der Waals surface area contributed by atoms with Crippen molar-refractivity contribution in [2.45, 2.75) is 25.1 Å². The lowest BCUT2D eigenvalue weighted by Crippen LogP contribution is -2.48. The molecule has 0 aliphatic heterocycles. The number of sulfone groups is 1. The predicted octanol–water partition coefficient (Wildman–Crippen LogP) is -1.86. The summed E-state index contributed by atoms with van der Waals surface area (Å²) in [4.78, 5) is 33.4. The summed E-state index contributed by atoms with van der Waals surface area (Å²) in [6, 6.07) is -1.60. The number of rotatable bonds is 9. The average molecular weight is 324 g/mol. The van der Waals surface area contributed by atoms with Crippen LogP contribution in [0.2, 0.25) is 0 Å². The highest BCUT2D eigenvalue weighted by molar-refractivity contribution is 7.92. The molecule has 0 heterocycles. The van der Waals surface area contributed by atoms with Crippen molar-refractivity contribution in [3.63, 3.8) is 0 Å². The Kier molecular flexibility index (Phi) is 7.89. The number of carbonyl (C=O) groups is 3. The van der Waals surface area contributed by atoms with Gasteiger partial charge in [-0.15, -0.1) is 0 Å². The van der Waals surface area contributed by atoms with Crippen molar-refractivity contribution < 1.29 is 32.6 Å². The highest BCUT2D eigenvalue weighted by Crippen LogP contribution is 2.05. The average Bonchev–Trinajstić information content (AvgIpc) is 2.36. The molecule has 0 aliphatic carbocycles. The minimum absolute atomic E-state index is 0.142. The first-order valence-electron chi connectivity index (χ1n) is 6.10. The summed E-state index contributed by atoms with van der Waals surface area (Å²) in [5, 5.41) is 11.8. The largest absolute Gasteiger partial charge is 0.480 e. The van der Waals surface area contributed by atoms with Crippen molar-refractivity contribution in [2.75, 3.05) is 26.0 Å². The summed E-state index contributed by atoms with van der Waals surface area (Å²) in [5.74, 6) is -3.77. The molecule has 0 rings (SSSR count). The summed E-state index contributed by atoms with van der Waals surface area (Å²) < 4.78 is 28.7. The van der Waals surface area contributed by atoms with Crippen LogP contribution in [0.5, 0.6) is 0 Å². The fraction of sp³-hybridized carbons (Fsp3) is 0.727. The van der Waals surface area contributed by atoms with Gasteiger partial charge in [0.15, 0.2) is 9.84 Å². The molecule has 0 radical (unpaired) electrons. The van der Waals surface area contributed by atoms with Gasteiger partial charge >= 0.3 is 5.97 Å². The number of ether oxygens (including phenoxy) is 1. The highest BCUT2D eigenvalue weighted by atomic mass is 32.2. The minimum Gasteiger partial charge on any atom is -0.480 e. The molecule has 21 heavy (non-hydrogen) atoms. The lowest BCUT2D eigenvalue weighted by atomic mass is 10.3. The van der Waals surface area contributed by atoms with Crippen molar-refractivity contribution in [2.24, 2.45) is 0 Å². The third-order valence-electron chi connectivity index (χ3n) is 2.59. The lowest BCUT2D eigenvalue weighted by molar-refractivity contribution is -0.140. The molecule has 0 aromatic rings. The van der Waals surface area contributed by atoms with Crippen LogP contribution >= 0.6 is 0 Å². The molecule has 3 N–H and O–H groups in total. The van der Waals surface area contributed by atoms with Crippen LogP contribution in [-0.2, 0) is 29.0 Å². The molecule has 0 saturated carbocycles.